The molecule has 0 aliphatic rings. The van der Waals surface area contributed by atoms with Crippen LogP contribution in [0.15, 0.2) is 30.3 Å². The second-order valence-electron chi connectivity index (χ2n) is 4.84. The van der Waals surface area contributed by atoms with E-state index in [1.54, 1.807) is 11.8 Å². The Bertz CT molecular complexity index is 446. The lowest BCUT2D eigenvalue weighted by molar-refractivity contribution is -0.125. The molecule has 1 unspecified atom stereocenters. The Morgan fingerprint density at radius 1 is 1.32 bits per heavy atom. The van der Waals surface area contributed by atoms with Crippen molar-refractivity contribution in [2.24, 2.45) is 5.73 Å². The predicted octanol–water partition coefficient (Wildman–Crippen LogP) is 1.64. The van der Waals surface area contributed by atoms with Crippen molar-refractivity contribution in [1.82, 2.24) is 5.32 Å². The minimum absolute atomic E-state index is 0.145. The van der Waals surface area contributed by atoms with Crippen LogP contribution in [-0.2, 0) is 14.3 Å². The number of nitrogens with one attached hydrogen (secondary N) is 1. The van der Waals surface area contributed by atoms with Crippen molar-refractivity contribution in [2.45, 2.75) is 31.6 Å². The van der Waals surface area contributed by atoms with Gasteiger partial charge < -0.3 is 11.1 Å². The van der Waals surface area contributed by atoms with Gasteiger partial charge in [-0.1, -0.05) is 30.3 Å². The summed E-state index contributed by atoms with van der Waals surface area (Å²) in [5.41, 5.74) is 6.46. The highest BCUT2D eigenvalue weighted by atomic mass is 32.2. The summed E-state index contributed by atoms with van der Waals surface area (Å²) < 4.78 is -0.145. The van der Waals surface area contributed by atoms with Crippen LogP contribution in [0.25, 0.3) is 0 Å². The molecule has 1 aromatic carbocycles. The van der Waals surface area contributed by atoms with Crippen molar-refractivity contribution in [3.8, 4) is 0 Å². The van der Waals surface area contributed by atoms with Crippen LogP contribution in [0.4, 0.5) is 0 Å². The number of thioether (sulfide) groups is 1. The standard InChI is InChI=1S/C14H20N2O2S/c1-10(17)16-12(13(15)18)9-19-14(2,3)11-7-5-4-6-8-11/h4-8,12H,9H2,1-3H3,(H2,15,18)(H,16,17). The van der Waals surface area contributed by atoms with Crippen molar-refractivity contribution in [3.63, 3.8) is 0 Å². The fraction of sp³-hybridized carbons (Fsp3) is 0.429. The van der Waals surface area contributed by atoms with Crippen molar-refractivity contribution >= 4 is 23.6 Å². The summed E-state index contributed by atoms with van der Waals surface area (Å²) in [6.07, 6.45) is 0. The summed E-state index contributed by atoms with van der Waals surface area (Å²) in [6, 6.07) is 9.39. The second-order valence-corrected chi connectivity index (χ2v) is 6.49. The van der Waals surface area contributed by atoms with Crippen molar-refractivity contribution in [2.75, 3.05) is 5.75 Å². The highest BCUT2D eigenvalue weighted by Gasteiger charge is 2.25. The summed E-state index contributed by atoms with van der Waals surface area (Å²) >= 11 is 1.59. The topological polar surface area (TPSA) is 72.2 Å². The van der Waals surface area contributed by atoms with E-state index in [0.29, 0.717) is 5.75 Å². The number of carbonyl (C=O) groups excluding carboxylic acids is 2. The fourth-order valence-electron chi connectivity index (χ4n) is 1.65. The molecule has 2 amide bonds. The molecule has 0 radical (unpaired) electrons. The largest absolute Gasteiger partial charge is 0.368 e. The van der Waals surface area contributed by atoms with Gasteiger partial charge in [-0.25, -0.2) is 0 Å². The Labute approximate surface area is 118 Å². The lowest BCUT2D eigenvalue weighted by Gasteiger charge is -2.26. The molecule has 0 saturated heterocycles. The molecule has 104 valence electrons. The molecule has 0 heterocycles. The molecular weight excluding hydrogens is 260 g/mol. The molecule has 1 rings (SSSR count). The lowest BCUT2D eigenvalue weighted by Crippen LogP contribution is -2.45. The Hall–Kier alpha value is -1.49. The van der Waals surface area contributed by atoms with Gasteiger partial charge in [0.1, 0.15) is 6.04 Å². The summed E-state index contributed by atoms with van der Waals surface area (Å²) in [7, 11) is 0. The van der Waals surface area contributed by atoms with Gasteiger partial charge in [-0.05, 0) is 19.4 Å². The molecule has 5 heteroatoms. The van der Waals surface area contributed by atoms with Gasteiger partial charge in [0.05, 0.1) is 0 Å². The van der Waals surface area contributed by atoms with Crippen LogP contribution in [-0.4, -0.2) is 23.6 Å². The molecule has 19 heavy (non-hydrogen) atoms. The maximum absolute atomic E-state index is 11.3. The molecule has 0 aromatic heterocycles. The number of hydrogen-bond donors (Lipinski definition) is 2. The number of amides is 2. The smallest absolute Gasteiger partial charge is 0.240 e. The summed E-state index contributed by atoms with van der Waals surface area (Å²) in [5.74, 6) is -0.301. The van der Waals surface area contributed by atoms with Gasteiger partial charge in [0.15, 0.2) is 0 Å². The summed E-state index contributed by atoms with van der Waals surface area (Å²) in [4.78, 5) is 22.3. The maximum atomic E-state index is 11.3. The molecule has 0 aliphatic carbocycles. The second kappa shape index (κ2) is 6.61. The first-order valence-electron chi connectivity index (χ1n) is 6.09. The Balaban J connectivity index is 2.68. The summed E-state index contributed by atoms with van der Waals surface area (Å²) in [6.45, 7) is 5.54. The average Bonchev–Trinajstić information content (AvgIpc) is 2.35. The van der Waals surface area contributed by atoms with Gasteiger partial charge in [0.25, 0.3) is 0 Å². The van der Waals surface area contributed by atoms with Crippen molar-refractivity contribution < 1.29 is 9.59 Å². The van der Waals surface area contributed by atoms with Gasteiger partial charge in [0, 0.05) is 17.4 Å². The molecule has 0 saturated carbocycles. The fourth-order valence-corrected chi connectivity index (χ4v) is 2.79. The van der Waals surface area contributed by atoms with E-state index in [0.717, 1.165) is 0 Å². The minimum Gasteiger partial charge on any atom is -0.368 e. The summed E-state index contributed by atoms with van der Waals surface area (Å²) in [5, 5.41) is 2.57. The number of rotatable bonds is 6. The maximum Gasteiger partial charge on any atom is 0.240 e. The van der Waals surface area contributed by atoms with Gasteiger partial charge in [0.2, 0.25) is 11.8 Å². The molecule has 1 aromatic rings. The first kappa shape index (κ1) is 15.6. The van der Waals surface area contributed by atoms with Gasteiger partial charge in [-0.2, -0.15) is 0 Å². The van der Waals surface area contributed by atoms with E-state index in [1.807, 2.05) is 30.3 Å². The quantitative estimate of drug-likeness (QED) is 0.832. The van der Waals surface area contributed by atoms with Crippen LogP contribution in [0.2, 0.25) is 0 Å². The molecular formula is C14H20N2O2S. The zero-order chi connectivity index (χ0) is 14.5. The van der Waals surface area contributed by atoms with Crippen LogP contribution in [0, 0.1) is 0 Å². The third kappa shape index (κ3) is 4.95. The van der Waals surface area contributed by atoms with Crippen LogP contribution in [0.5, 0.6) is 0 Å². The first-order valence-corrected chi connectivity index (χ1v) is 7.07. The van der Waals surface area contributed by atoms with Crippen molar-refractivity contribution in [3.05, 3.63) is 35.9 Å². The zero-order valence-corrected chi connectivity index (χ0v) is 12.3. The van der Waals surface area contributed by atoms with E-state index in [4.69, 9.17) is 5.73 Å². The van der Waals surface area contributed by atoms with Crippen LogP contribution >= 0.6 is 11.8 Å². The third-order valence-corrected chi connectivity index (χ3v) is 4.26. The van der Waals surface area contributed by atoms with Gasteiger partial charge in [-0.15, -0.1) is 11.8 Å². The third-order valence-electron chi connectivity index (χ3n) is 2.80. The Morgan fingerprint density at radius 3 is 2.37 bits per heavy atom. The highest BCUT2D eigenvalue weighted by Crippen LogP contribution is 2.35. The highest BCUT2D eigenvalue weighted by molar-refractivity contribution is 8.00. The molecule has 3 N–H and O–H groups in total. The Kier molecular flexibility index (Phi) is 5.42. The molecule has 0 fully saturated rings. The average molecular weight is 280 g/mol. The number of primary amides is 1. The van der Waals surface area contributed by atoms with E-state index in [1.165, 1.54) is 12.5 Å². The first-order chi connectivity index (χ1) is 8.83. The number of benzene rings is 1. The van der Waals surface area contributed by atoms with Crippen LogP contribution < -0.4 is 11.1 Å². The van der Waals surface area contributed by atoms with Crippen LogP contribution in [0.3, 0.4) is 0 Å². The molecule has 1 atom stereocenters. The number of carbonyl (C=O) groups is 2. The Morgan fingerprint density at radius 2 is 1.89 bits per heavy atom. The van der Waals surface area contributed by atoms with Gasteiger partial charge in [-0.3, -0.25) is 9.59 Å². The molecule has 4 nitrogen and oxygen atoms in total. The molecule has 0 spiro atoms. The van der Waals surface area contributed by atoms with E-state index in [2.05, 4.69) is 19.2 Å². The van der Waals surface area contributed by atoms with E-state index >= 15 is 0 Å². The van der Waals surface area contributed by atoms with Crippen LogP contribution in [0.1, 0.15) is 26.3 Å². The minimum atomic E-state index is -0.634. The van der Waals surface area contributed by atoms with E-state index < -0.39 is 11.9 Å². The lowest BCUT2D eigenvalue weighted by atomic mass is 10.0. The van der Waals surface area contributed by atoms with E-state index in [9.17, 15) is 9.59 Å². The zero-order valence-electron chi connectivity index (χ0n) is 11.5. The van der Waals surface area contributed by atoms with E-state index in [-0.39, 0.29) is 10.7 Å². The van der Waals surface area contributed by atoms with Crippen molar-refractivity contribution in [1.29, 1.82) is 0 Å². The number of hydrogen-bond acceptors (Lipinski definition) is 3. The monoisotopic (exact) mass is 280 g/mol. The molecule has 0 aliphatic heterocycles. The predicted molar refractivity (Wildman–Crippen MR) is 78.7 cm³/mol. The normalized spacial score (nSPS) is 12.8. The number of nitrogens with two attached hydrogens (primary N) is 1. The molecule has 0 bridgehead atoms. The van der Waals surface area contributed by atoms with Gasteiger partial charge >= 0.3 is 0 Å². The SMILES string of the molecule is CC(=O)NC(CSC(C)(C)c1ccccc1)C(N)=O.